The molecular weight excluding hydrogens is 381 g/mol. The van der Waals surface area contributed by atoms with E-state index in [4.69, 9.17) is 0 Å². The molecule has 0 aliphatic rings. The highest BCUT2D eigenvalue weighted by Crippen LogP contribution is 2.32. The van der Waals surface area contributed by atoms with Crippen molar-refractivity contribution in [1.29, 1.82) is 0 Å². The Kier molecular flexibility index (Phi) is 5.91. The zero-order valence-corrected chi connectivity index (χ0v) is 15.4. The van der Waals surface area contributed by atoms with Crippen LogP contribution in [0.5, 0.6) is 0 Å². The Morgan fingerprint density at radius 3 is 2.33 bits per heavy atom. The second kappa shape index (κ2) is 7.55. The molecule has 0 amide bonds. The van der Waals surface area contributed by atoms with Gasteiger partial charge in [0.15, 0.2) is 0 Å². The van der Waals surface area contributed by atoms with E-state index in [0.717, 1.165) is 20.8 Å². The summed E-state index contributed by atoms with van der Waals surface area (Å²) in [5.41, 5.74) is 2.55. The first-order valence-corrected chi connectivity index (χ1v) is 8.52. The van der Waals surface area contributed by atoms with Crippen LogP contribution >= 0.6 is 15.9 Å². The molecule has 1 N–H and O–H groups in total. The summed E-state index contributed by atoms with van der Waals surface area (Å²) in [7, 11) is 1.38. The average molecular weight is 401 g/mol. The lowest BCUT2D eigenvalue weighted by molar-refractivity contribution is -0.0641. The van der Waals surface area contributed by atoms with E-state index in [-0.39, 0.29) is 5.92 Å². The van der Waals surface area contributed by atoms with Gasteiger partial charge in [-0.15, -0.1) is 0 Å². The molecule has 2 rings (SSSR count). The molecule has 0 saturated heterocycles. The smallest absolute Gasteiger partial charge is 0.313 e. The summed E-state index contributed by atoms with van der Waals surface area (Å²) in [5.74, 6) is -0.914. The lowest BCUT2D eigenvalue weighted by Gasteiger charge is -2.24. The van der Waals surface area contributed by atoms with E-state index < -0.39 is 17.8 Å². The number of fused-ring (bicyclic) bond motifs is 1. The van der Waals surface area contributed by atoms with Crippen LogP contribution in [0.4, 0.5) is 13.2 Å². The van der Waals surface area contributed by atoms with Crippen molar-refractivity contribution >= 4 is 32.4 Å². The molecule has 0 aliphatic heterocycles. The van der Waals surface area contributed by atoms with E-state index in [1.54, 1.807) is 6.92 Å². The van der Waals surface area contributed by atoms with Crippen molar-refractivity contribution in [1.82, 2.24) is 5.43 Å². The quantitative estimate of drug-likeness (QED) is 0.515. The highest BCUT2D eigenvalue weighted by atomic mass is 79.9. The lowest BCUT2D eigenvalue weighted by atomic mass is 9.85. The first-order valence-electron chi connectivity index (χ1n) is 7.73. The summed E-state index contributed by atoms with van der Waals surface area (Å²) < 4.78 is 40.5. The fourth-order valence-electron chi connectivity index (χ4n) is 2.84. The van der Waals surface area contributed by atoms with Gasteiger partial charge in [0.25, 0.3) is 0 Å². The number of alkyl halides is 3. The van der Waals surface area contributed by atoms with Crippen molar-refractivity contribution in [2.75, 3.05) is 7.05 Å². The Balaban J connectivity index is 2.31. The number of hydrogen-bond donors (Lipinski definition) is 1. The number of rotatable bonds is 5. The van der Waals surface area contributed by atoms with Crippen LogP contribution in [0.1, 0.15) is 19.4 Å². The molecule has 0 aliphatic carbocycles. The molecule has 0 bridgehead atoms. The Morgan fingerprint density at radius 1 is 1.12 bits per heavy atom. The van der Waals surface area contributed by atoms with Gasteiger partial charge in [0.1, 0.15) is 5.71 Å². The molecule has 2 aromatic rings. The Hall–Kier alpha value is -1.56. The van der Waals surface area contributed by atoms with Crippen molar-refractivity contribution in [3.8, 4) is 0 Å². The number of halogens is 4. The number of hydrazone groups is 1. The van der Waals surface area contributed by atoms with Crippen molar-refractivity contribution in [2.24, 2.45) is 16.9 Å². The van der Waals surface area contributed by atoms with Crippen LogP contribution in [0.15, 0.2) is 46.0 Å². The van der Waals surface area contributed by atoms with Crippen LogP contribution in [0.2, 0.25) is 0 Å². The molecule has 0 saturated carbocycles. The first kappa shape index (κ1) is 18.8. The van der Waals surface area contributed by atoms with E-state index in [0.29, 0.717) is 6.42 Å². The minimum absolute atomic E-state index is 0.205. The summed E-state index contributed by atoms with van der Waals surface area (Å²) in [4.78, 5) is 0. The van der Waals surface area contributed by atoms with Gasteiger partial charge in [-0.05, 0) is 34.7 Å². The van der Waals surface area contributed by atoms with Crippen molar-refractivity contribution < 1.29 is 13.2 Å². The zero-order chi connectivity index (χ0) is 17.9. The van der Waals surface area contributed by atoms with Crippen molar-refractivity contribution in [2.45, 2.75) is 26.4 Å². The maximum absolute atomic E-state index is 13.2. The number of nitrogens with one attached hydrogen (secondary N) is 1. The predicted molar refractivity (Wildman–Crippen MR) is 96.2 cm³/mol. The minimum Gasteiger partial charge on any atom is -0.313 e. The minimum atomic E-state index is -4.43. The summed E-state index contributed by atoms with van der Waals surface area (Å²) in [6.07, 6.45) is -3.88. The van der Waals surface area contributed by atoms with Crippen LogP contribution in [0.25, 0.3) is 10.8 Å². The SMILES string of the molecule is CN/N=C(\C(C)C(C)Cc1ccc(Br)c2ccccc12)C(F)(F)F. The molecule has 0 heterocycles. The maximum Gasteiger partial charge on any atom is 0.431 e. The van der Waals surface area contributed by atoms with Gasteiger partial charge in [-0.25, -0.2) is 0 Å². The normalized spacial score (nSPS) is 15.4. The summed E-state index contributed by atoms with van der Waals surface area (Å²) in [6, 6.07) is 11.8. The van der Waals surface area contributed by atoms with E-state index in [9.17, 15) is 13.2 Å². The van der Waals surface area contributed by atoms with Gasteiger partial charge in [0.05, 0.1) is 0 Å². The van der Waals surface area contributed by atoms with Gasteiger partial charge in [0, 0.05) is 17.4 Å². The van der Waals surface area contributed by atoms with Crippen molar-refractivity contribution in [3.63, 3.8) is 0 Å². The van der Waals surface area contributed by atoms with E-state index in [1.807, 2.05) is 43.3 Å². The molecular formula is C18H20BrF3N2. The van der Waals surface area contributed by atoms with E-state index in [1.165, 1.54) is 7.05 Å². The Labute approximate surface area is 148 Å². The molecule has 2 nitrogen and oxygen atoms in total. The fourth-order valence-corrected chi connectivity index (χ4v) is 3.32. The molecule has 0 fully saturated rings. The van der Waals surface area contributed by atoms with Gasteiger partial charge < -0.3 is 5.43 Å². The second-order valence-electron chi connectivity index (χ2n) is 5.94. The highest BCUT2D eigenvalue weighted by Gasteiger charge is 2.41. The van der Waals surface area contributed by atoms with E-state index >= 15 is 0 Å². The summed E-state index contributed by atoms with van der Waals surface area (Å²) >= 11 is 3.52. The van der Waals surface area contributed by atoms with Gasteiger partial charge in [-0.3, -0.25) is 0 Å². The highest BCUT2D eigenvalue weighted by molar-refractivity contribution is 9.10. The summed E-state index contributed by atoms with van der Waals surface area (Å²) in [6.45, 7) is 3.41. The molecule has 6 heteroatoms. The third-order valence-corrected chi connectivity index (χ3v) is 5.00. The molecule has 0 radical (unpaired) electrons. The molecule has 2 atom stereocenters. The molecule has 2 aromatic carbocycles. The monoisotopic (exact) mass is 400 g/mol. The summed E-state index contributed by atoms with van der Waals surface area (Å²) in [5, 5.41) is 5.59. The molecule has 0 spiro atoms. The maximum atomic E-state index is 13.2. The second-order valence-corrected chi connectivity index (χ2v) is 6.79. The standard InChI is InChI=1S/C18H20BrF3N2/c1-11(12(2)17(24-23-3)18(20,21)22)10-13-8-9-16(19)15-7-5-4-6-14(13)15/h4-9,11-12,23H,10H2,1-3H3/b24-17+. The average Bonchev–Trinajstić information content (AvgIpc) is 2.53. The Morgan fingerprint density at radius 2 is 1.75 bits per heavy atom. The van der Waals surface area contributed by atoms with Crippen LogP contribution < -0.4 is 5.43 Å². The van der Waals surface area contributed by atoms with Gasteiger partial charge in [0.2, 0.25) is 0 Å². The Bertz CT molecular complexity index is 741. The van der Waals surface area contributed by atoms with E-state index in [2.05, 4.69) is 26.5 Å². The van der Waals surface area contributed by atoms with Gasteiger partial charge in [-0.1, -0.05) is 60.1 Å². The molecule has 2 unspecified atom stereocenters. The van der Waals surface area contributed by atoms with Crippen LogP contribution in [-0.2, 0) is 6.42 Å². The predicted octanol–water partition coefficient (Wildman–Crippen LogP) is 5.55. The van der Waals surface area contributed by atoms with Crippen LogP contribution in [-0.4, -0.2) is 18.9 Å². The molecule has 24 heavy (non-hydrogen) atoms. The number of hydrogen-bond acceptors (Lipinski definition) is 2. The fraction of sp³-hybridized carbons (Fsp3) is 0.389. The third kappa shape index (κ3) is 4.09. The number of nitrogens with zero attached hydrogens (tertiary/aromatic N) is 1. The zero-order valence-electron chi connectivity index (χ0n) is 13.8. The number of benzene rings is 2. The van der Waals surface area contributed by atoms with Gasteiger partial charge in [-0.2, -0.15) is 18.3 Å². The topological polar surface area (TPSA) is 24.4 Å². The molecule has 130 valence electrons. The van der Waals surface area contributed by atoms with Crippen LogP contribution in [0.3, 0.4) is 0 Å². The third-order valence-electron chi connectivity index (χ3n) is 4.31. The largest absolute Gasteiger partial charge is 0.431 e. The van der Waals surface area contributed by atoms with Gasteiger partial charge >= 0.3 is 6.18 Å². The van der Waals surface area contributed by atoms with Crippen molar-refractivity contribution in [3.05, 3.63) is 46.4 Å². The first-order chi connectivity index (χ1) is 11.3. The lowest BCUT2D eigenvalue weighted by Crippen LogP contribution is -2.34. The molecule has 0 aromatic heterocycles. The van der Waals surface area contributed by atoms with Crippen LogP contribution in [0, 0.1) is 11.8 Å².